The van der Waals surface area contributed by atoms with Crippen molar-refractivity contribution in [2.45, 2.75) is 6.54 Å². The van der Waals surface area contributed by atoms with Crippen LogP contribution < -0.4 is 4.74 Å². The summed E-state index contributed by atoms with van der Waals surface area (Å²) < 4.78 is 17.2. The Hall–Kier alpha value is -3.89. The minimum absolute atomic E-state index is 0.0704. The number of hydrogen-bond acceptors (Lipinski definition) is 6. The number of para-hydroxylation sites is 1. The van der Waals surface area contributed by atoms with E-state index in [2.05, 4.69) is 0 Å². The first-order valence-corrected chi connectivity index (χ1v) is 9.69. The van der Waals surface area contributed by atoms with Crippen molar-refractivity contribution >= 4 is 12.0 Å². The van der Waals surface area contributed by atoms with Gasteiger partial charge in [0.25, 0.3) is 0 Å². The van der Waals surface area contributed by atoms with E-state index in [1.807, 2.05) is 60.7 Å². The lowest BCUT2D eigenvalue weighted by molar-refractivity contribution is -0.139. The van der Waals surface area contributed by atoms with Gasteiger partial charge >= 0.3 is 5.97 Å². The highest BCUT2D eigenvalue weighted by Gasteiger charge is 2.17. The molecule has 2 aromatic carbocycles. The van der Waals surface area contributed by atoms with E-state index in [1.165, 1.54) is 13.2 Å². The number of methoxy groups -OCH3 is 2. The van der Waals surface area contributed by atoms with Gasteiger partial charge in [-0.3, -0.25) is 4.68 Å². The van der Waals surface area contributed by atoms with Crippen molar-refractivity contribution in [3.8, 4) is 23.1 Å². The number of nitriles is 1. The lowest BCUT2D eigenvalue weighted by Gasteiger charge is -2.07. The molecule has 0 radical (unpaired) electrons. The normalized spacial score (nSPS) is 11.1. The number of aromatic nitrogens is 2. The van der Waals surface area contributed by atoms with Gasteiger partial charge < -0.3 is 14.2 Å². The van der Waals surface area contributed by atoms with Crippen LogP contribution in [-0.2, 0) is 20.8 Å². The van der Waals surface area contributed by atoms with Gasteiger partial charge in [-0.25, -0.2) is 4.79 Å². The second-order valence-corrected chi connectivity index (χ2v) is 6.62. The minimum atomic E-state index is -0.707. The molecule has 1 heterocycles. The van der Waals surface area contributed by atoms with Gasteiger partial charge in [0.05, 0.1) is 20.3 Å². The van der Waals surface area contributed by atoms with Gasteiger partial charge in [0, 0.05) is 24.4 Å². The molecule has 0 atom stereocenters. The van der Waals surface area contributed by atoms with Crippen LogP contribution in [0, 0.1) is 11.3 Å². The number of carbonyl (C=O) groups is 1. The third-order valence-electron chi connectivity index (χ3n) is 4.50. The van der Waals surface area contributed by atoms with Crippen LogP contribution in [0.5, 0.6) is 5.75 Å². The molecule has 7 heteroatoms. The summed E-state index contributed by atoms with van der Waals surface area (Å²) in [6.07, 6.45) is 3.29. The van der Waals surface area contributed by atoms with Crippen molar-refractivity contribution in [1.82, 2.24) is 9.78 Å². The van der Waals surface area contributed by atoms with Crippen molar-refractivity contribution in [1.29, 1.82) is 5.26 Å². The van der Waals surface area contributed by atoms with Crippen LogP contribution in [0.4, 0.5) is 0 Å². The van der Waals surface area contributed by atoms with Crippen molar-refractivity contribution in [3.05, 3.63) is 77.5 Å². The van der Waals surface area contributed by atoms with Gasteiger partial charge in [0.15, 0.2) is 0 Å². The first-order valence-electron chi connectivity index (χ1n) is 9.69. The maximum atomic E-state index is 12.3. The quantitative estimate of drug-likeness (QED) is 0.228. The summed E-state index contributed by atoms with van der Waals surface area (Å²) in [5.41, 5.74) is 2.93. The number of esters is 1. The van der Waals surface area contributed by atoms with Crippen LogP contribution in [0.2, 0.25) is 0 Å². The minimum Gasteiger partial charge on any atom is -0.496 e. The molecule has 1 aromatic heterocycles. The molecule has 0 fully saturated rings. The van der Waals surface area contributed by atoms with Gasteiger partial charge in [-0.1, -0.05) is 42.5 Å². The van der Waals surface area contributed by atoms with Crippen LogP contribution in [0.25, 0.3) is 17.3 Å². The van der Waals surface area contributed by atoms with Gasteiger partial charge in [0.1, 0.15) is 29.7 Å². The van der Waals surface area contributed by atoms with Gasteiger partial charge in [-0.15, -0.1) is 0 Å². The van der Waals surface area contributed by atoms with E-state index in [0.717, 1.165) is 11.1 Å². The molecule has 0 saturated heterocycles. The number of nitrogens with zero attached hydrogens (tertiary/aromatic N) is 3. The largest absolute Gasteiger partial charge is 0.496 e. The van der Waals surface area contributed by atoms with Crippen LogP contribution in [-0.4, -0.2) is 43.2 Å². The fraction of sp³-hybridized carbons (Fsp3) is 0.208. The Morgan fingerprint density at radius 1 is 1.10 bits per heavy atom. The summed E-state index contributed by atoms with van der Waals surface area (Å²) in [6, 6.07) is 19.3. The average Bonchev–Trinajstić information content (AvgIpc) is 3.20. The molecule has 0 saturated carbocycles. The summed E-state index contributed by atoms with van der Waals surface area (Å²) in [6.45, 7) is 0.865. The first kappa shape index (κ1) is 21.8. The summed E-state index contributed by atoms with van der Waals surface area (Å²) in [7, 11) is 3.10. The molecule has 31 heavy (non-hydrogen) atoms. The van der Waals surface area contributed by atoms with Crippen molar-refractivity contribution in [3.63, 3.8) is 0 Å². The SMILES string of the molecule is COCCOC(=O)/C(C#N)=C/c1cn(Cc2ccccc2)nc1-c1ccccc1OC. The number of benzene rings is 2. The summed E-state index contributed by atoms with van der Waals surface area (Å²) in [5.74, 6) is -0.0652. The fourth-order valence-electron chi connectivity index (χ4n) is 3.03. The fourth-order valence-corrected chi connectivity index (χ4v) is 3.03. The molecule has 0 N–H and O–H groups in total. The molecule has 0 bridgehead atoms. The molecule has 0 aliphatic carbocycles. The van der Waals surface area contributed by atoms with E-state index in [4.69, 9.17) is 19.3 Å². The molecule has 0 unspecified atom stereocenters. The molecule has 7 nitrogen and oxygen atoms in total. The van der Waals surface area contributed by atoms with Crippen LogP contribution >= 0.6 is 0 Å². The maximum absolute atomic E-state index is 12.3. The van der Waals surface area contributed by atoms with Gasteiger partial charge in [-0.2, -0.15) is 10.4 Å². The molecular weight excluding hydrogens is 394 g/mol. The van der Waals surface area contributed by atoms with Crippen molar-refractivity contribution in [2.75, 3.05) is 27.4 Å². The van der Waals surface area contributed by atoms with E-state index in [9.17, 15) is 10.1 Å². The Kier molecular flexibility index (Phi) is 7.57. The zero-order valence-electron chi connectivity index (χ0n) is 17.4. The molecular formula is C24H23N3O4. The smallest absolute Gasteiger partial charge is 0.348 e. The van der Waals surface area contributed by atoms with Crippen LogP contribution in [0.1, 0.15) is 11.1 Å². The highest BCUT2D eigenvalue weighted by atomic mass is 16.6. The predicted molar refractivity (Wildman–Crippen MR) is 116 cm³/mol. The Labute approximate surface area is 181 Å². The lowest BCUT2D eigenvalue weighted by Crippen LogP contribution is -2.11. The van der Waals surface area contributed by atoms with E-state index in [0.29, 0.717) is 23.6 Å². The molecule has 0 amide bonds. The van der Waals surface area contributed by atoms with Crippen molar-refractivity contribution < 1.29 is 19.0 Å². The highest BCUT2D eigenvalue weighted by Crippen LogP contribution is 2.32. The Balaban J connectivity index is 2.02. The Bertz CT molecular complexity index is 1100. The number of carbonyl (C=O) groups excluding carboxylic acids is 1. The van der Waals surface area contributed by atoms with Crippen LogP contribution in [0.3, 0.4) is 0 Å². The molecule has 3 aromatic rings. The van der Waals surface area contributed by atoms with E-state index < -0.39 is 5.97 Å². The van der Waals surface area contributed by atoms with Gasteiger partial charge in [-0.05, 0) is 23.8 Å². The van der Waals surface area contributed by atoms with Crippen molar-refractivity contribution in [2.24, 2.45) is 0 Å². The topological polar surface area (TPSA) is 86.4 Å². The van der Waals surface area contributed by atoms with Crippen LogP contribution in [0.15, 0.2) is 66.4 Å². The predicted octanol–water partition coefficient (Wildman–Crippen LogP) is 3.70. The zero-order valence-corrected chi connectivity index (χ0v) is 17.4. The number of ether oxygens (including phenoxy) is 3. The second kappa shape index (κ2) is 10.8. The van der Waals surface area contributed by atoms with E-state index in [1.54, 1.807) is 18.0 Å². The monoisotopic (exact) mass is 417 g/mol. The highest BCUT2D eigenvalue weighted by molar-refractivity contribution is 5.99. The molecule has 0 aliphatic rings. The lowest BCUT2D eigenvalue weighted by atomic mass is 10.1. The average molecular weight is 417 g/mol. The first-order chi connectivity index (χ1) is 15.2. The molecule has 0 aliphatic heterocycles. The molecule has 0 spiro atoms. The second-order valence-electron chi connectivity index (χ2n) is 6.62. The number of hydrogen-bond donors (Lipinski definition) is 0. The number of rotatable bonds is 9. The molecule has 3 rings (SSSR count). The third-order valence-corrected chi connectivity index (χ3v) is 4.50. The summed E-state index contributed by atoms with van der Waals surface area (Å²) >= 11 is 0. The zero-order chi connectivity index (χ0) is 22.1. The summed E-state index contributed by atoms with van der Waals surface area (Å²) in [5, 5.41) is 14.2. The maximum Gasteiger partial charge on any atom is 0.348 e. The Morgan fingerprint density at radius 2 is 1.84 bits per heavy atom. The van der Waals surface area contributed by atoms with E-state index >= 15 is 0 Å². The standard InChI is InChI=1S/C24H23N3O4/c1-29-12-13-31-24(28)19(15-25)14-20-17-27(16-18-8-4-3-5-9-18)26-23(20)21-10-6-7-11-22(21)30-2/h3-11,14,17H,12-13,16H2,1-2H3/b19-14+. The van der Waals surface area contributed by atoms with E-state index in [-0.39, 0.29) is 18.8 Å². The van der Waals surface area contributed by atoms with Gasteiger partial charge in [0.2, 0.25) is 0 Å². The molecule has 158 valence electrons. The third kappa shape index (κ3) is 5.59. The Morgan fingerprint density at radius 3 is 2.55 bits per heavy atom. The summed E-state index contributed by atoms with van der Waals surface area (Å²) in [4.78, 5) is 12.3.